The van der Waals surface area contributed by atoms with Gasteiger partial charge in [0.1, 0.15) is 5.82 Å². The second kappa shape index (κ2) is 8.52. The maximum atomic E-state index is 12.1. The quantitative estimate of drug-likeness (QED) is 0.625. The molecule has 1 aliphatic rings. The lowest BCUT2D eigenvalue weighted by molar-refractivity contribution is -0.125. The molecular formula is C20H29N5O2. The number of anilines is 1. The fourth-order valence-corrected chi connectivity index (χ4v) is 3.47. The van der Waals surface area contributed by atoms with Gasteiger partial charge in [0.2, 0.25) is 11.8 Å². The van der Waals surface area contributed by atoms with Gasteiger partial charge in [-0.2, -0.15) is 0 Å². The molecule has 146 valence electrons. The highest BCUT2D eigenvalue weighted by molar-refractivity contribution is 5.96. The summed E-state index contributed by atoms with van der Waals surface area (Å²) in [5, 5.41) is 5.38. The third kappa shape index (κ3) is 4.86. The Morgan fingerprint density at radius 3 is 2.70 bits per heavy atom. The summed E-state index contributed by atoms with van der Waals surface area (Å²) in [4.78, 5) is 32.1. The number of fused-ring (bicyclic) bond motifs is 1. The van der Waals surface area contributed by atoms with Crippen LogP contribution in [0.5, 0.6) is 0 Å². The fourth-order valence-electron chi connectivity index (χ4n) is 3.47. The van der Waals surface area contributed by atoms with E-state index in [4.69, 9.17) is 10.7 Å². The van der Waals surface area contributed by atoms with Crippen molar-refractivity contribution >= 4 is 28.5 Å². The second-order valence-electron chi connectivity index (χ2n) is 7.72. The van der Waals surface area contributed by atoms with Crippen molar-refractivity contribution < 1.29 is 9.59 Å². The number of H-pyrrole nitrogens is 1. The summed E-state index contributed by atoms with van der Waals surface area (Å²) in [5.41, 5.74) is 8.27. The fraction of sp³-hybridized carbons (Fsp3) is 0.550. The van der Waals surface area contributed by atoms with Crippen molar-refractivity contribution in [3.63, 3.8) is 0 Å². The Morgan fingerprint density at radius 2 is 2.00 bits per heavy atom. The van der Waals surface area contributed by atoms with Crippen molar-refractivity contribution in [1.29, 1.82) is 0 Å². The van der Waals surface area contributed by atoms with Crippen LogP contribution in [0, 0.1) is 5.92 Å². The molecule has 1 atom stereocenters. The van der Waals surface area contributed by atoms with Crippen LogP contribution in [0.3, 0.4) is 0 Å². The number of nitrogens with zero attached hydrogens (tertiary/aromatic N) is 1. The Balaban J connectivity index is 1.60. The molecule has 7 heteroatoms. The molecule has 1 aliphatic carbocycles. The highest BCUT2D eigenvalue weighted by Crippen LogP contribution is 2.32. The van der Waals surface area contributed by atoms with Crippen molar-refractivity contribution in [1.82, 2.24) is 15.3 Å². The van der Waals surface area contributed by atoms with Crippen molar-refractivity contribution in [2.45, 2.75) is 57.9 Å². The van der Waals surface area contributed by atoms with Crippen LogP contribution in [-0.2, 0) is 9.59 Å². The molecular weight excluding hydrogens is 342 g/mol. The average Bonchev–Trinajstić information content (AvgIpc) is 3.09. The summed E-state index contributed by atoms with van der Waals surface area (Å²) in [6.07, 6.45) is 6.19. The van der Waals surface area contributed by atoms with Crippen LogP contribution < -0.4 is 16.4 Å². The first-order valence-corrected chi connectivity index (χ1v) is 9.77. The number of nitrogens with two attached hydrogens (primary N) is 1. The smallest absolute Gasteiger partial charge is 0.243 e. The lowest BCUT2D eigenvalue weighted by atomic mass is 9.89. The molecule has 0 aliphatic heterocycles. The molecule has 1 fully saturated rings. The van der Waals surface area contributed by atoms with E-state index in [2.05, 4.69) is 15.6 Å². The predicted molar refractivity (Wildman–Crippen MR) is 106 cm³/mol. The van der Waals surface area contributed by atoms with Crippen molar-refractivity contribution in [2.75, 3.05) is 11.9 Å². The zero-order chi connectivity index (χ0) is 19.4. The van der Waals surface area contributed by atoms with E-state index in [1.54, 1.807) is 0 Å². The van der Waals surface area contributed by atoms with Crippen LogP contribution in [-0.4, -0.2) is 34.4 Å². The number of aromatic amines is 1. The summed E-state index contributed by atoms with van der Waals surface area (Å²) in [5.74, 6) is 0.967. The lowest BCUT2D eigenvalue weighted by Gasteiger charge is -2.18. The summed E-state index contributed by atoms with van der Waals surface area (Å²) < 4.78 is 0. The van der Waals surface area contributed by atoms with Gasteiger partial charge >= 0.3 is 0 Å². The Kier molecular flexibility index (Phi) is 6.11. The van der Waals surface area contributed by atoms with Crippen LogP contribution in [0.15, 0.2) is 18.2 Å². The van der Waals surface area contributed by atoms with Gasteiger partial charge in [-0.3, -0.25) is 9.59 Å². The third-order valence-electron chi connectivity index (χ3n) is 5.22. The zero-order valence-electron chi connectivity index (χ0n) is 16.0. The first-order chi connectivity index (χ1) is 12.9. The van der Waals surface area contributed by atoms with Gasteiger partial charge in [-0.1, -0.05) is 33.1 Å². The number of amides is 2. The topological polar surface area (TPSA) is 113 Å². The van der Waals surface area contributed by atoms with Gasteiger partial charge in [0, 0.05) is 11.6 Å². The maximum Gasteiger partial charge on any atom is 0.243 e. The van der Waals surface area contributed by atoms with Crippen molar-refractivity contribution in [2.24, 2.45) is 11.7 Å². The van der Waals surface area contributed by atoms with E-state index in [1.165, 1.54) is 32.1 Å². The van der Waals surface area contributed by atoms with Gasteiger partial charge in [0.05, 0.1) is 23.6 Å². The summed E-state index contributed by atoms with van der Waals surface area (Å²) >= 11 is 0. The van der Waals surface area contributed by atoms with E-state index in [0.29, 0.717) is 11.6 Å². The Bertz CT molecular complexity index is 808. The monoisotopic (exact) mass is 371 g/mol. The van der Waals surface area contributed by atoms with Crippen molar-refractivity contribution in [3.05, 3.63) is 24.0 Å². The van der Waals surface area contributed by atoms with E-state index >= 15 is 0 Å². The van der Waals surface area contributed by atoms with Gasteiger partial charge < -0.3 is 21.4 Å². The van der Waals surface area contributed by atoms with E-state index < -0.39 is 6.04 Å². The molecule has 0 radical (unpaired) electrons. The molecule has 2 amide bonds. The highest BCUT2D eigenvalue weighted by Gasteiger charge is 2.19. The Morgan fingerprint density at radius 1 is 1.26 bits per heavy atom. The van der Waals surface area contributed by atoms with Gasteiger partial charge in [0.15, 0.2) is 0 Å². The lowest BCUT2D eigenvalue weighted by Crippen LogP contribution is -2.46. The van der Waals surface area contributed by atoms with Crippen LogP contribution in [0.25, 0.3) is 11.0 Å². The Hall–Kier alpha value is -2.41. The normalized spacial score (nSPS) is 16.4. The zero-order valence-corrected chi connectivity index (χ0v) is 16.0. The summed E-state index contributed by atoms with van der Waals surface area (Å²) in [7, 11) is 0. The van der Waals surface area contributed by atoms with Crippen LogP contribution in [0.1, 0.15) is 57.7 Å². The molecule has 1 aromatic heterocycles. The first kappa shape index (κ1) is 19.4. The minimum atomic E-state index is -0.614. The third-order valence-corrected chi connectivity index (χ3v) is 5.22. The molecule has 1 aromatic carbocycles. The minimum absolute atomic E-state index is 0.0224. The minimum Gasteiger partial charge on any atom is -0.346 e. The highest BCUT2D eigenvalue weighted by atomic mass is 16.2. The van der Waals surface area contributed by atoms with Crippen LogP contribution in [0.2, 0.25) is 0 Å². The molecule has 2 aromatic rings. The van der Waals surface area contributed by atoms with Gasteiger partial charge in [-0.05, 0) is 37.0 Å². The number of rotatable bonds is 6. The molecule has 3 rings (SSSR count). The molecule has 1 saturated carbocycles. The largest absolute Gasteiger partial charge is 0.346 e. The summed E-state index contributed by atoms with van der Waals surface area (Å²) in [6, 6.07) is 5.00. The molecule has 27 heavy (non-hydrogen) atoms. The number of carbonyl (C=O) groups excluding carboxylic acids is 2. The van der Waals surface area contributed by atoms with E-state index in [1.807, 2.05) is 32.0 Å². The number of nitrogens with one attached hydrogen (secondary N) is 3. The number of hydrogen-bond acceptors (Lipinski definition) is 4. The van der Waals surface area contributed by atoms with Gasteiger partial charge in [-0.15, -0.1) is 0 Å². The predicted octanol–water partition coefficient (Wildman–Crippen LogP) is 2.65. The average molecular weight is 371 g/mol. The van der Waals surface area contributed by atoms with E-state index in [-0.39, 0.29) is 24.3 Å². The first-order valence-electron chi connectivity index (χ1n) is 9.77. The standard InChI is InChI=1S/C20H29N5O2/c1-12(2)18(21)20(27)22-11-17(26)23-14-8-9-15-16(10-14)25-19(24-15)13-6-4-3-5-7-13/h8-10,12-13,18H,3-7,11,21H2,1-2H3,(H,22,27)(H,23,26)(H,24,25)/t18-/m0/s1. The molecule has 0 bridgehead atoms. The number of benzene rings is 1. The number of aromatic nitrogens is 2. The molecule has 0 saturated heterocycles. The maximum absolute atomic E-state index is 12.1. The number of carbonyl (C=O) groups is 2. The van der Waals surface area contributed by atoms with E-state index in [0.717, 1.165) is 16.9 Å². The number of imidazole rings is 1. The molecule has 1 heterocycles. The molecule has 5 N–H and O–H groups in total. The van der Waals surface area contributed by atoms with Crippen LogP contribution in [0.4, 0.5) is 5.69 Å². The van der Waals surface area contributed by atoms with Crippen molar-refractivity contribution in [3.8, 4) is 0 Å². The number of hydrogen-bond donors (Lipinski definition) is 4. The van der Waals surface area contributed by atoms with Gasteiger partial charge in [-0.25, -0.2) is 4.98 Å². The van der Waals surface area contributed by atoms with E-state index in [9.17, 15) is 9.59 Å². The van der Waals surface area contributed by atoms with Crippen LogP contribution >= 0.6 is 0 Å². The molecule has 0 spiro atoms. The molecule has 7 nitrogen and oxygen atoms in total. The molecule has 0 unspecified atom stereocenters. The second-order valence-corrected chi connectivity index (χ2v) is 7.72. The summed E-state index contributed by atoms with van der Waals surface area (Å²) in [6.45, 7) is 3.63. The Labute approximate surface area is 159 Å². The SMILES string of the molecule is CC(C)[C@H](N)C(=O)NCC(=O)Nc1ccc2nc(C3CCCCC3)[nH]c2c1. The van der Waals surface area contributed by atoms with Gasteiger partial charge in [0.25, 0.3) is 0 Å².